The molecule has 8 nitrogen and oxygen atoms in total. The predicted molar refractivity (Wildman–Crippen MR) is 126 cm³/mol. The molecule has 176 valence electrons. The first-order valence-corrected chi connectivity index (χ1v) is 11.2. The summed E-state index contributed by atoms with van der Waals surface area (Å²) in [5, 5.41) is 11.4. The van der Waals surface area contributed by atoms with Gasteiger partial charge >= 0.3 is 12.1 Å². The van der Waals surface area contributed by atoms with Crippen LogP contribution in [0.2, 0.25) is 0 Å². The summed E-state index contributed by atoms with van der Waals surface area (Å²) in [5.41, 5.74) is 4.69. The minimum absolute atomic E-state index is 0.0225. The van der Waals surface area contributed by atoms with Gasteiger partial charge in [0.15, 0.2) is 0 Å². The van der Waals surface area contributed by atoms with E-state index in [0.717, 1.165) is 22.3 Å². The molecule has 0 unspecified atom stereocenters. The lowest BCUT2D eigenvalue weighted by Gasteiger charge is -2.20. The van der Waals surface area contributed by atoms with E-state index in [1.54, 1.807) is 6.92 Å². The van der Waals surface area contributed by atoms with Gasteiger partial charge < -0.3 is 19.2 Å². The van der Waals surface area contributed by atoms with Crippen LogP contribution >= 0.6 is 0 Å². The zero-order valence-corrected chi connectivity index (χ0v) is 18.8. The summed E-state index contributed by atoms with van der Waals surface area (Å²) in [6.07, 6.45) is 0.917. The van der Waals surface area contributed by atoms with Gasteiger partial charge in [-0.2, -0.15) is 0 Å². The van der Waals surface area contributed by atoms with E-state index in [1.165, 1.54) is 17.2 Å². The topological polar surface area (TPSA) is 109 Å². The summed E-state index contributed by atoms with van der Waals surface area (Å²) in [6, 6.07) is 17.6. The van der Waals surface area contributed by atoms with E-state index < -0.39 is 18.0 Å². The molecule has 34 heavy (non-hydrogen) atoms. The predicted octanol–water partition coefficient (Wildman–Crippen LogP) is 4.97. The smallest absolute Gasteiger partial charge is 0.411 e. The highest BCUT2D eigenvalue weighted by atomic mass is 16.5. The van der Waals surface area contributed by atoms with Crippen molar-refractivity contribution < 1.29 is 28.6 Å². The van der Waals surface area contributed by atoms with Gasteiger partial charge in [-0.1, -0.05) is 48.5 Å². The van der Waals surface area contributed by atoms with Crippen LogP contribution in [0.5, 0.6) is 0 Å². The second-order valence-corrected chi connectivity index (χ2v) is 8.00. The summed E-state index contributed by atoms with van der Waals surface area (Å²) in [4.78, 5) is 37.7. The molecule has 1 aliphatic rings. The molecule has 3 aromatic rings. The second kappa shape index (κ2) is 10.2. The number of nitrogens with zero attached hydrogens (tertiary/aromatic N) is 1. The fourth-order valence-corrected chi connectivity index (χ4v) is 4.29. The lowest BCUT2D eigenvalue weighted by atomic mass is 9.98. The van der Waals surface area contributed by atoms with Crippen molar-refractivity contribution in [3.05, 3.63) is 77.7 Å². The first-order chi connectivity index (χ1) is 16.5. The average Bonchev–Trinajstić information content (AvgIpc) is 3.42. The highest BCUT2D eigenvalue weighted by Gasteiger charge is 2.29. The number of carbonyl (C=O) groups excluding carboxylic acids is 2. The average molecular weight is 463 g/mol. The molecule has 1 aliphatic carbocycles. The van der Waals surface area contributed by atoms with Crippen molar-refractivity contribution >= 4 is 23.7 Å². The van der Waals surface area contributed by atoms with Gasteiger partial charge in [0.25, 0.3) is 5.91 Å². The lowest BCUT2D eigenvalue weighted by Crippen LogP contribution is -2.32. The van der Waals surface area contributed by atoms with Crippen LogP contribution in [-0.2, 0) is 9.53 Å². The van der Waals surface area contributed by atoms with Gasteiger partial charge in [-0.05, 0) is 35.6 Å². The number of amides is 2. The van der Waals surface area contributed by atoms with Gasteiger partial charge in [0, 0.05) is 31.5 Å². The van der Waals surface area contributed by atoms with Gasteiger partial charge in [0.05, 0.1) is 12.0 Å². The van der Waals surface area contributed by atoms with Gasteiger partial charge in [-0.3, -0.25) is 14.9 Å². The van der Waals surface area contributed by atoms with Gasteiger partial charge in [0.2, 0.25) is 5.76 Å². The number of carbonyl (C=O) groups is 3. The maximum atomic E-state index is 12.8. The quantitative estimate of drug-likeness (QED) is 0.465. The number of furan rings is 1. The molecule has 0 atom stereocenters. The molecule has 0 saturated carbocycles. The van der Waals surface area contributed by atoms with E-state index in [9.17, 15) is 14.4 Å². The number of hydrogen-bond acceptors (Lipinski definition) is 5. The monoisotopic (exact) mass is 462 g/mol. The molecule has 1 aromatic heterocycles. The zero-order valence-electron chi connectivity index (χ0n) is 18.8. The number of benzene rings is 2. The van der Waals surface area contributed by atoms with Crippen molar-refractivity contribution in [3.63, 3.8) is 0 Å². The van der Waals surface area contributed by atoms with Crippen molar-refractivity contribution in [2.75, 3.05) is 25.0 Å². The van der Waals surface area contributed by atoms with Crippen molar-refractivity contribution in [3.8, 4) is 11.1 Å². The Hall–Kier alpha value is -4.07. The molecule has 2 aromatic carbocycles. The molecule has 0 saturated heterocycles. The fourth-order valence-electron chi connectivity index (χ4n) is 4.29. The molecule has 0 spiro atoms. The Kier molecular flexibility index (Phi) is 6.96. The van der Waals surface area contributed by atoms with Crippen LogP contribution in [0.3, 0.4) is 0 Å². The molecule has 0 radical (unpaired) electrons. The standard InChI is InChI=1S/C26H26N2O6/c1-2-28(14-7-12-23(29)30)25(31)24-22(13-15-33-24)27-26(32)34-16-21-19-10-5-3-8-17(19)18-9-4-6-11-20(18)21/h3-6,8-11,13,15,21H,2,7,12,14,16H2,1H3,(H,27,32)(H,29,30). The summed E-state index contributed by atoms with van der Waals surface area (Å²) in [7, 11) is 0. The Labute approximate surface area is 197 Å². The van der Waals surface area contributed by atoms with E-state index >= 15 is 0 Å². The Balaban J connectivity index is 1.40. The number of carboxylic acid groups (broad SMARTS) is 1. The number of aliphatic carboxylic acids is 1. The van der Waals surface area contributed by atoms with E-state index in [-0.39, 0.29) is 36.9 Å². The third-order valence-electron chi connectivity index (χ3n) is 5.93. The molecule has 1 heterocycles. The molecule has 2 N–H and O–H groups in total. The Morgan fingerprint density at radius 1 is 1.03 bits per heavy atom. The van der Waals surface area contributed by atoms with Gasteiger partial charge in [-0.25, -0.2) is 4.79 Å². The van der Waals surface area contributed by atoms with Crippen LogP contribution in [0.25, 0.3) is 11.1 Å². The van der Waals surface area contributed by atoms with Gasteiger partial charge in [-0.15, -0.1) is 0 Å². The Bertz CT molecular complexity index is 1160. The highest BCUT2D eigenvalue weighted by Crippen LogP contribution is 2.44. The van der Waals surface area contributed by atoms with Crippen molar-refractivity contribution in [1.82, 2.24) is 4.90 Å². The SMILES string of the molecule is CCN(CCCC(=O)O)C(=O)c1occc1NC(=O)OCC1c2ccccc2-c2ccccc21. The molecular weight excluding hydrogens is 436 g/mol. The summed E-state index contributed by atoms with van der Waals surface area (Å²) in [5.74, 6) is -1.44. The summed E-state index contributed by atoms with van der Waals surface area (Å²) < 4.78 is 10.9. The van der Waals surface area contributed by atoms with Crippen molar-refractivity contribution in [2.24, 2.45) is 0 Å². The van der Waals surface area contributed by atoms with Crippen molar-refractivity contribution in [1.29, 1.82) is 0 Å². The van der Waals surface area contributed by atoms with Crippen LogP contribution in [0.15, 0.2) is 65.3 Å². The van der Waals surface area contributed by atoms with Crippen LogP contribution in [0, 0.1) is 0 Å². The Morgan fingerprint density at radius 3 is 2.29 bits per heavy atom. The van der Waals surface area contributed by atoms with E-state index in [0.29, 0.717) is 13.0 Å². The molecule has 4 rings (SSSR count). The minimum Gasteiger partial charge on any atom is -0.481 e. The maximum absolute atomic E-state index is 12.8. The number of hydrogen-bond donors (Lipinski definition) is 2. The van der Waals surface area contributed by atoms with Gasteiger partial charge in [0.1, 0.15) is 6.61 Å². The maximum Gasteiger partial charge on any atom is 0.411 e. The Morgan fingerprint density at radius 2 is 1.68 bits per heavy atom. The molecule has 0 fully saturated rings. The number of ether oxygens (including phenoxy) is 1. The third-order valence-corrected chi connectivity index (χ3v) is 5.93. The van der Waals surface area contributed by atoms with E-state index in [1.807, 2.05) is 36.4 Å². The highest BCUT2D eigenvalue weighted by molar-refractivity contribution is 6.00. The van der Waals surface area contributed by atoms with Crippen molar-refractivity contribution in [2.45, 2.75) is 25.7 Å². The second-order valence-electron chi connectivity index (χ2n) is 8.00. The molecule has 0 bridgehead atoms. The third kappa shape index (κ3) is 4.80. The van der Waals surface area contributed by atoms with E-state index in [4.69, 9.17) is 14.3 Å². The minimum atomic E-state index is -0.917. The molecule has 0 aliphatic heterocycles. The number of anilines is 1. The largest absolute Gasteiger partial charge is 0.481 e. The van der Waals surface area contributed by atoms with E-state index in [2.05, 4.69) is 17.4 Å². The lowest BCUT2D eigenvalue weighted by molar-refractivity contribution is -0.137. The first kappa shape index (κ1) is 23.1. The molecular formula is C26H26N2O6. The van der Waals surface area contributed by atoms with Crippen LogP contribution in [-0.4, -0.2) is 47.7 Å². The normalized spacial score (nSPS) is 12.0. The zero-order chi connectivity index (χ0) is 24.1. The van der Waals surface area contributed by atoms with Crippen LogP contribution < -0.4 is 5.32 Å². The number of fused-ring (bicyclic) bond motifs is 3. The molecule has 2 amide bonds. The number of carboxylic acids is 1. The summed E-state index contributed by atoms with van der Waals surface area (Å²) >= 11 is 0. The van der Waals surface area contributed by atoms with Crippen LogP contribution in [0.1, 0.15) is 47.4 Å². The fraction of sp³-hybridized carbons (Fsp3) is 0.269. The first-order valence-electron chi connectivity index (χ1n) is 11.2. The number of nitrogens with one attached hydrogen (secondary N) is 1. The van der Waals surface area contributed by atoms with Crippen LogP contribution in [0.4, 0.5) is 10.5 Å². The molecule has 8 heteroatoms. The number of rotatable bonds is 9. The summed E-state index contributed by atoms with van der Waals surface area (Å²) in [6.45, 7) is 2.59.